The Balaban J connectivity index is 1.03. The van der Waals surface area contributed by atoms with E-state index in [1.807, 2.05) is 30.3 Å². The van der Waals surface area contributed by atoms with Crippen LogP contribution in [0.2, 0.25) is 0 Å². The largest absolute Gasteiger partial charge is 0.306 e. The average molecular weight is 702 g/mol. The molecule has 0 aliphatic rings. The molecule has 0 radical (unpaired) electrons. The van der Waals surface area contributed by atoms with Gasteiger partial charge in [0.1, 0.15) is 5.65 Å². The number of rotatable bonds is 5. The van der Waals surface area contributed by atoms with Crippen LogP contribution in [0.5, 0.6) is 0 Å². The summed E-state index contributed by atoms with van der Waals surface area (Å²) >= 11 is 0. The molecular formula is C50H31N5. The Hall–Kier alpha value is -7.50. The van der Waals surface area contributed by atoms with Gasteiger partial charge in [-0.3, -0.25) is 0 Å². The van der Waals surface area contributed by atoms with Crippen molar-refractivity contribution in [2.75, 3.05) is 0 Å². The molecule has 5 heterocycles. The monoisotopic (exact) mass is 701 g/mol. The zero-order valence-electron chi connectivity index (χ0n) is 29.6. The van der Waals surface area contributed by atoms with Crippen molar-refractivity contribution in [3.63, 3.8) is 0 Å². The molecule has 55 heavy (non-hydrogen) atoms. The van der Waals surface area contributed by atoms with Crippen LogP contribution in [-0.2, 0) is 0 Å². The quantitative estimate of drug-likeness (QED) is 0.168. The molecule has 0 amide bonds. The van der Waals surface area contributed by atoms with E-state index in [0.29, 0.717) is 0 Å². The average Bonchev–Trinajstić information content (AvgIpc) is 3.71. The second-order valence-electron chi connectivity index (χ2n) is 13.9. The zero-order valence-corrected chi connectivity index (χ0v) is 29.6. The number of pyridine rings is 4. The van der Waals surface area contributed by atoms with E-state index in [-0.39, 0.29) is 0 Å². The molecule has 5 aromatic heterocycles. The van der Waals surface area contributed by atoms with Gasteiger partial charge in [0.2, 0.25) is 0 Å². The summed E-state index contributed by atoms with van der Waals surface area (Å²) in [6.07, 6.45) is 4.21. The lowest BCUT2D eigenvalue weighted by Gasteiger charge is -2.13. The Kier molecular flexibility index (Phi) is 7.10. The minimum Gasteiger partial charge on any atom is -0.306 e. The second kappa shape index (κ2) is 12.6. The molecule has 256 valence electrons. The van der Waals surface area contributed by atoms with Gasteiger partial charge in [-0.1, -0.05) is 146 Å². The van der Waals surface area contributed by atoms with Crippen molar-refractivity contribution < 1.29 is 0 Å². The number of aromatic nitrogens is 5. The van der Waals surface area contributed by atoms with Crippen LogP contribution >= 0.6 is 0 Å². The van der Waals surface area contributed by atoms with Gasteiger partial charge in [0, 0.05) is 61.6 Å². The molecular weight excluding hydrogens is 671 g/mol. The van der Waals surface area contributed by atoms with Gasteiger partial charge < -0.3 is 4.40 Å². The van der Waals surface area contributed by atoms with E-state index < -0.39 is 0 Å². The fraction of sp³-hybridized carbons (Fsp3) is 0. The molecule has 6 aromatic carbocycles. The lowest BCUT2D eigenvalue weighted by atomic mass is 9.97. The molecule has 0 unspecified atom stereocenters. The van der Waals surface area contributed by atoms with Crippen molar-refractivity contribution in [1.29, 1.82) is 0 Å². The number of hydrogen-bond acceptors (Lipinski definition) is 4. The lowest BCUT2D eigenvalue weighted by Crippen LogP contribution is -1.94. The maximum absolute atomic E-state index is 5.25. The highest BCUT2D eigenvalue weighted by Crippen LogP contribution is 2.38. The van der Waals surface area contributed by atoms with Gasteiger partial charge in [-0.05, 0) is 41.5 Å². The Morgan fingerprint density at radius 1 is 0.364 bits per heavy atom. The standard InChI is InChI=1S/C50H31N5/c1-4-10-33(11-5-1)42-25-22-37-20-21-38-23-26-43(52-49(38)48(37)51-42)35-18-16-32(17-19-35)39-24-27-44-41(30-39)46-40(47(53-44)36-14-8-3-9-15-36)28-29-55-31-45(54-50(46)55)34-12-6-2-7-13-34/h1-31H. The van der Waals surface area contributed by atoms with E-state index in [0.717, 1.165) is 105 Å². The molecule has 0 atom stereocenters. The van der Waals surface area contributed by atoms with Gasteiger partial charge in [0.15, 0.2) is 0 Å². The number of imidazole rings is 1. The molecule has 0 fully saturated rings. The van der Waals surface area contributed by atoms with Gasteiger partial charge in [-0.25, -0.2) is 19.9 Å². The summed E-state index contributed by atoms with van der Waals surface area (Å²) in [5.74, 6) is 0. The third-order valence-electron chi connectivity index (χ3n) is 10.6. The number of hydrogen-bond donors (Lipinski definition) is 0. The van der Waals surface area contributed by atoms with Crippen molar-refractivity contribution in [3.05, 3.63) is 188 Å². The van der Waals surface area contributed by atoms with Crippen LogP contribution in [0.15, 0.2) is 188 Å². The fourth-order valence-corrected chi connectivity index (χ4v) is 7.80. The van der Waals surface area contributed by atoms with Gasteiger partial charge in [0.05, 0.1) is 39.3 Å². The summed E-state index contributed by atoms with van der Waals surface area (Å²) in [6.45, 7) is 0. The molecule has 11 rings (SSSR count). The summed E-state index contributed by atoms with van der Waals surface area (Å²) in [6, 6.07) is 61.2. The van der Waals surface area contributed by atoms with E-state index in [1.165, 1.54) is 0 Å². The van der Waals surface area contributed by atoms with Crippen LogP contribution in [0.3, 0.4) is 0 Å². The SMILES string of the molecule is c1ccc(-c2ccc3ccc4ccc(-c5ccc(-c6ccc7nc(-c8ccccc8)c8ccn9cc(-c%10ccccc%10)nc9c8c7c6)cc5)nc4c3n2)cc1. The molecule has 0 saturated carbocycles. The summed E-state index contributed by atoms with van der Waals surface area (Å²) in [5, 5.41) is 5.37. The van der Waals surface area contributed by atoms with Gasteiger partial charge in [-0.15, -0.1) is 0 Å². The van der Waals surface area contributed by atoms with Gasteiger partial charge in [-0.2, -0.15) is 0 Å². The van der Waals surface area contributed by atoms with E-state index in [2.05, 4.69) is 162 Å². The van der Waals surface area contributed by atoms with Crippen molar-refractivity contribution in [2.24, 2.45) is 0 Å². The third-order valence-corrected chi connectivity index (χ3v) is 10.6. The molecule has 0 aliphatic heterocycles. The van der Waals surface area contributed by atoms with Crippen LogP contribution in [-0.4, -0.2) is 24.3 Å². The molecule has 0 aliphatic carbocycles. The molecule has 0 bridgehead atoms. The van der Waals surface area contributed by atoms with Gasteiger partial charge in [0.25, 0.3) is 0 Å². The zero-order chi connectivity index (χ0) is 36.3. The van der Waals surface area contributed by atoms with Crippen LogP contribution in [0.1, 0.15) is 0 Å². The van der Waals surface area contributed by atoms with Crippen LogP contribution in [0, 0.1) is 0 Å². The first-order valence-corrected chi connectivity index (χ1v) is 18.5. The summed E-state index contributed by atoms with van der Waals surface area (Å²) in [7, 11) is 0. The first-order valence-electron chi connectivity index (χ1n) is 18.5. The summed E-state index contributed by atoms with van der Waals surface area (Å²) in [5.41, 5.74) is 13.9. The molecule has 5 heteroatoms. The lowest BCUT2D eigenvalue weighted by molar-refractivity contribution is 1.20. The van der Waals surface area contributed by atoms with Crippen LogP contribution < -0.4 is 0 Å². The Morgan fingerprint density at radius 3 is 1.53 bits per heavy atom. The van der Waals surface area contributed by atoms with E-state index in [4.69, 9.17) is 19.9 Å². The maximum atomic E-state index is 5.25. The molecule has 5 nitrogen and oxygen atoms in total. The van der Waals surface area contributed by atoms with Crippen molar-refractivity contribution in [2.45, 2.75) is 0 Å². The minimum atomic E-state index is 0.904. The normalized spacial score (nSPS) is 11.6. The number of fused-ring (bicyclic) bond motifs is 8. The van der Waals surface area contributed by atoms with Crippen molar-refractivity contribution in [1.82, 2.24) is 24.3 Å². The first-order chi connectivity index (χ1) is 27.2. The second-order valence-corrected chi connectivity index (χ2v) is 13.9. The smallest absolute Gasteiger partial charge is 0.146 e. The Bertz CT molecular complexity index is 3230. The maximum Gasteiger partial charge on any atom is 0.146 e. The molecule has 0 spiro atoms. The van der Waals surface area contributed by atoms with Crippen LogP contribution in [0.25, 0.3) is 105 Å². The summed E-state index contributed by atoms with van der Waals surface area (Å²) < 4.78 is 2.14. The van der Waals surface area contributed by atoms with Crippen LogP contribution in [0.4, 0.5) is 0 Å². The summed E-state index contributed by atoms with van der Waals surface area (Å²) in [4.78, 5) is 20.8. The Morgan fingerprint density at radius 2 is 0.891 bits per heavy atom. The van der Waals surface area contributed by atoms with Gasteiger partial charge >= 0.3 is 0 Å². The predicted molar refractivity (Wildman–Crippen MR) is 226 cm³/mol. The highest BCUT2D eigenvalue weighted by Gasteiger charge is 2.17. The minimum absolute atomic E-state index is 0.904. The molecule has 0 saturated heterocycles. The van der Waals surface area contributed by atoms with E-state index in [9.17, 15) is 0 Å². The Labute approximate surface area is 316 Å². The molecule has 0 N–H and O–H groups in total. The van der Waals surface area contributed by atoms with E-state index in [1.54, 1.807) is 0 Å². The predicted octanol–water partition coefficient (Wildman–Crippen LogP) is 12.5. The number of nitrogens with zero attached hydrogens (tertiary/aromatic N) is 5. The highest BCUT2D eigenvalue weighted by atomic mass is 15.0. The number of benzene rings is 6. The highest BCUT2D eigenvalue weighted by molar-refractivity contribution is 6.17. The van der Waals surface area contributed by atoms with Crippen molar-refractivity contribution >= 4 is 49.1 Å². The topological polar surface area (TPSA) is 56.0 Å². The fourth-order valence-electron chi connectivity index (χ4n) is 7.80. The first kappa shape index (κ1) is 31.1. The van der Waals surface area contributed by atoms with E-state index >= 15 is 0 Å². The third kappa shape index (κ3) is 5.33. The van der Waals surface area contributed by atoms with Crippen molar-refractivity contribution in [3.8, 4) is 56.2 Å². The molecule has 11 aromatic rings.